The molecule has 9 heteroatoms. The van der Waals surface area contributed by atoms with Crippen molar-refractivity contribution in [2.24, 2.45) is 0 Å². The van der Waals surface area contributed by atoms with E-state index in [2.05, 4.69) is 9.97 Å². The number of alkyl halides is 3. The lowest BCUT2D eigenvalue weighted by atomic mass is 10.2. The maximum absolute atomic E-state index is 12.8. The maximum Gasteiger partial charge on any atom is 0.433 e. The molecule has 0 unspecified atom stereocenters. The summed E-state index contributed by atoms with van der Waals surface area (Å²) >= 11 is 6.21. The summed E-state index contributed by atoms with van der Waals surface area (Å²) in [5, 5.41) is 9.36. The minimum atomic E-state index is -4.49. The lowest BCUT2D eigenvalue weighted by Gasteiger charge is -2.36. The van der Waals surface area contributed by atoms with Gasteiger partial charge in [0.15, 0.2) is 0 Å². The molecule has 1 saturated heterocycles. The number of aromatic nitrogens is 2. The molecule has 0 bridgehead atoms. The lowest BCUT2D eigenvalue weighted by Crippen LogP contribution is -2.47. The second kappa shape index (κ2) is 6.76. The van der Waals surface area contributed by atoms with Crippen LogP contribution in [0, 0.1) is 11.3 Å². The van der Waals surface area contributed by atoms with Gasteiger partial charge in [0.2, 0.25) is 5.95 Å². The van der Waals surface area contributed by atoms with Crippen molar-refractivity contribution in [1.82, 2.24) is 9.97 Å². The monoisotopic (exact) mass is 367 g/mol. The van der Waals surface area contributed by atoms with Crippen molar-refractivity contribution in [2.75, 3.05) is 36.0 Å². The predicted octanol–water partition coefficient (Wildman–Crippen LogP) is 3.35. The third-order valence-electron chi connectivity index (χ3n) is 3.91. The van der Waals surface area contributed by atoms with E-state index in [0.29, 0.717) is 36.8 Å². The fraction of sp³-hybridized carbons (Fsp3) is 0.312. The number of rotatable bonds is 2. The van der Waals surface area contributed by atoms with Gasteiger partial charge in [-0.1, -0.05) is 11.6 Å². The molecule has 0 radical (unpaired) electrons. The van der Waals surface area contributed by atoms with Gasteiger partial charge >= 0.3 is 6.18 Å². The number of nitrogens with zero attached hydrogens (tertiary/aromatic N) is 5. The number of halogens is 4. The van der Waals surface area contributed by atoms with E-state index in [1.165, 1.54) is 0 Å². The first-order valence-electron chi connectivity index (χ1n) is 7.48. The van der Waals surface area contributed by atoms with E-state index in [1.54, 1.807) is 23.1 Å². The highest BCUT2D eigenvalue weighted by atomic mass is 35.5. The fourth-order valence-electron chi connectivity index (χ4n) is 2.64. The van der Waals surface area contributed by atoms with Crippen molar-refractivity contribution in [2.45, 2.75) is 6.18 Å². The third kappa shape index (κ3) is 3.77. The Kier molecular flexibility index (Phi) is 4.68. The highest BCUT2D eigenvalue weighted by molar-refractivity contribution is 6.33. The fourth-order valence-corrected chi connectivity index (χ4v) is 2.94. The van der Waals surface area contributed by atoms with Gasteiger partial charge in [-0.25, -0.2) is 9.97 Å². The number of anilines is 2. The van der Waals surface area contributed by atoms with Crippen LogP contribution in [-0.4, -0.2) is 36.1 Å². The summed E-state index contributed by atoms with van der Waals surface area (Å²) in [6.45, 7) is 2.06. The van der Waals surface area contributed by atoms with Crippen LogP contribution in [0.15, 0.2) is 30.5 Å². The van der Waals surface area contributed by atoms with Crippen LogP contribution in [-0.2, 0) is 6.18 Å². The van der Waals surface area contributed by atoms with Gasteiger partial charge in [0.1, 0.15) is 5.69 Å². The molecular formula is C16H13ClF3N5. The zero-order valence-corrected chi connectivity index (χ0v) is 13.7. The van der Waals surface area contributed by atoms with Crippen LogP contribution >= 0.6 is 11.6 Å². The molecule has 0 N–H and O–H groups in total. The van der Waals surface area contributed by atoms with Crippen LogP contribution in [0.25, 0.3) is 0 Å². The molecule has 5 nitrogen and oxygen atoms in total. The van der Waals surface area contributed by atoms with Crippen LogP contribution in [0.1, 0.15) is 11.3 Å². The van der Waals surface area contributed by atoms with Gasteiger partial charge < -0.3 is 9.80 Å². The van der Waals surface area contributed by atoms with E-state index in [4.69, 9.17) is 16.9 Å². The van der Waals surface area contributed by atoms with Crippen molar-refractivity contribution < 1.29 is 13.2 Å². The van der Waals surface area contributed by atoms with E-state index in [0.717, 1.165) is 18.0 Å². The smallest absolute Gasteiger partial charge is 0.367 e. The van der Waals surface area contributed by atoms with E-state index < -0.39 is 11.9 Å². The van der Waals surface area contributed by atoms with E-state index in [1.807, 2.05) is 11.0 Å². The molecule has 0 amide bonds. The summed E-state index contributed by atoms with van der Waals surface area (Å²) in [5.74, 6) is 0.0698. The molecule has 0 atom stereocenters. The zero-order valence-electron chi connectivity index (χ0n) is 13.0. The first-order valence-corrected chi connectivity index (χ1v) is 7.86. The molecule has 2 aromatic rings. The van der Waals surface area contributed by atoms with Gasteiger partial charge in [-0.05, 0) is 24.3 Å². The highest BCUT2D eigenvalue weighted by Gasteiger charge is 2.33. The Morgan fingerprint density at radius 2 is 1.76 bits per heavy atom. The van der Waals surface area contributed by atoms with Crippen molar-refractivity contribution in [3.63, 3.8) is 0 Å². The van der Waals surface area contributed by atoms with E-state index in [9.17, 15) is 13.2 Å². The van der Waals surface area contributed by atoms with Gasteiger partial charge in [-0.3, -0.25) is 0 Å². The van der Waals surface area contributed by atoms with E-state index >= 15 is 0 Å². The Labute approximate surface area is 147 Å². The first kappa shape index (κ1) is 17.3. The summed E-state index contributed by atoms with van der Waals surface area (Å²) in [6.07, 6.45) is -3.37. The largest absolute Gasteiger partial charge is 0.433 e. The van der Waals surface area contributed by atoms with Gasteiger partial charge in [0, 0.05) is 32.4 Å². The van der Waals surface area contributed by atoms with Gasteiger partial charge in [-0.2, -0.15) is 18.4 Å². The molecule has 3 rings (SSSR count). The average molecular weight is 368 g/mol. The number of nitriles is 1. The minimum Gasteiger partial charge on any atom is -0.367 e. The van der Waals surface area contributed by atoms with Gasteiger partial charge in [0.25, 0.3) is 0 Å². The van der Waals surface area contributed by atoms with Crippen molar-refractivity contribution in [3.8, 4) is 6.07 Å². The van der Waals surface area contributed by atoms with Gasteiger partial charge in [0.05, 0.1) is 22.3 Å². The molecule has 0 spiro atoms. The SMILES string of the molecule is N#Cc1ccc(N2CCN(c3nccc(C(F)(F)F)n3)CC2)c(Cl)c1. The minimum absolute atomic E-state index is 0.0698. The molecule has 0 aliphatic carbocycles. The number of benzene rings is 1. The molecule has 1 aromatic heterocycles. The van der Waals surface area contributed by atoms with Crippen molar-refractivity contribution >= 4 is 23.2 Å². The van der Waals surface area contributed by atoms with Crippen LogP contribution in [0.3, 0.4) is 0 Å². The molecule has 1 aliphatic heterocycles. The summed E-state index contributed by atoms with van der Waals surface area (Å²) < 4.78 is 38.3. The van der Waals surface area contributed by atoms with Crippen LogP contribution < -0.4 is 9.80 Å². The molecule has 0 saturated carbocycles. The first-order chi connectivity index (χ1) is 11.9. The summed E-state index contributed by atoms with van der Waals surface area (Å²) in [4.78, 5) is 11.3. The number of hydrogen-bond acceptors (Lipinski definition) is 5. The maximum atomic E-state index is 12.8. The Morgan fingerprint density at radius 3 is 2.36 bits per heavy atom. The molecule has 130 valence electrons. The Hall–Kier alpha value is -2.53. The molecule has 25 heavy (non-hydrogen) atoms. The van der Waals surface area contributed by atoms with Crippen molar-refractivity contribution in [1.29, 1.82) is 5.26 Å². The summed E-state index contributed by atoms with van der Waals surface area (Å²) in [6, 6.07) is 7.94. The quantitative estimate of drug-likeness (QED) is 0.814. The number of hydrogen-bond donors (Lipinski definition) is 0. The zero-order chi connectivity index (χ0) is 18.0. The van der Waals surface area contributed by atoms with Crippen LogP contribution in [0.2, 0.25) is 5.02 Å². The van der Waals surface area contributed by atoms with Crippen LogP contribution in [0.4, 0.5) is 24.8 Å². The Balaban J connectivity index is 1.71. The lowest BCUT2D eigenvalue weighted by molar-refractivity contribution is -0.141. The van der Waals surface area contributed by atoms with E-state index in [-0.39, 0.29) is 5.95 Å². The predicted molar refractivity (Wildman–Crippen MR) is 87.6 cm³/mol. The Bertz CT molecular complexity index is 810. The van der Waals surface area contributed by atoms with Gasteiger partial charge in [-0.15, -0.1) is 0 Å². The molecular weight excluding hydrogens is 355 g/mol. The number of piperazine rings is 1. The molecule has 2 heterocycles. The second-order valence-corrected chi connectivity index (χ2v) is 5.90. The highest BCUT2D eigenvalue weighted by Crippen LogP contribution is 2.30. The Morgan fingerprint density at radius 1 is 1.08 bits per heavy atom. The molecule has 1 aromatic carbocycles. The molecule has 1 fully saturated rings. The summed E-state index contributed by atoms with van der Waals surface area (Å²) in [5.41, 5.74) is 0.324. The molecule has 1 aliphatic rings. The van der Waals surface area contributed by atoms with Crippen LogP contribution in [0.5, 0.6) is 0 Å². The second-order valence-electron chi connectivity index (χ2n) is 5.49. The average Bonchev–Trinajstić information content (AvgIpc) is 2.61. The topological polar surface area (TPSA) is 56.1 Å². The normalized spacial score (nSPS) is 15.2. The third-order valence-corrected chi connectivity index (χ3v) is 4.22. The standard InChI is InChI=1S/C16H13ClF3N5/c17-12-9-11(10-21)1-2-13(12)24-5-7-25(8-6-24)15-22-4-3-14(23-15)16(18,19)20/h1-4,9H,5-8H2. The van der Waals surface area contributed by atoms with Crippen molar-refractivity contribution in [3.05, 3.63) is 46.7 Å². The summed E-state index contributed by atoms with van der Waals surface area (Å²) in [7, 11) is 0.